The Hall–Kier alpha value is -2.71. The molecule has 2 atom stereocenters. The molecule has 2 aliphatic rings. The van der Waals surface area contributed by atoms with Gasteiger partial charge in [-0.05, 0) is 73.6 Å². The highest BCUT2D eigenvalue weighted by Crippen LogP contribution is 2.35. The van der Waals surface area contributed by atoms with Crippen molar-refractivity contribution in [2.75, 3.05) is 25.9 Å². The first kappa shape index (κ1) is 28.3. The summed E-state index contributed by atoms with van der Waals surface area (Å²) in [6.07, 6.45) is 5.56. The monoisotopic (exact) mass is 539 g/mol. The number of carbonyl (C=O) groups is 2. The molecule has 1 unspecified atom stereocenters. The molecule has 0 saturated carbocycles. The number of hydrogen-bond acceptors (Lipinski definition) is 5. The SMILES string of the molecule is CCCCN1C(=O)[C@H](CC(C)C)NC(=O)C12CCN(Cc1ccc(Oc3ccc(S(C)=O)cc3)cc1)CC2. The van der Waals surface area contributed by atoms with Gasteiger partial charge in [0.25, 0.3) is 0 Å². The summed E-state index contributed by atoms with van der Waals surface area (Å²) in [7, 11) is -1.01. The lowest BCUT2D eigenvalue weighted by Crippen LogP contribution is -2.73. The molecule has 0 aromatic heterocycles. The number of unbranched alkanes of at least 4 members (excludes halogenated alkanes) is 1. The number of hydrogen-bond donors (Lipinski definition) is 1. The van der Waals surface area contributed by atoms with Gasteiger partial charge >= 0.3 is 0 Å². The Morgan fingerprint density at radius 2 is 1.63 bits per heavy atom. The fraction of sp³-hybridized carbons (Fsp3) is 0.533. The number of carbonyl (C=O) groups excluding carboxylic acids is 2. The minimum atomic E-state index is -1.01. The third kappa shape index (κ3) is 6.46. The van der Waals surface area contributed by atoms with Crippen LogP contribution in [0.15, 0.2) is 53.4 Å². The van der Waals surface area contributed by atoms with Gasteiger partial charge in [-0.2, -0.15) is 0 Å². The van der Waals surface area contributed by atoms with Gasteiger partial charge in [0, 0.05) is 48.1 Å². The molecule has 2 aromatic carbocycles. The Kier molecular flexibility index (Phi) is 9.26. The average molecular weight is 540 g/mol. The molecule has 2 aliphatic heterocycles. The predicted octanol–water partition coefficient (Wildman–Crippen LogP) is 4.72. The molecule has 1 N–H and O–H groups in total. The zero-order valence-electron chi connectivity index (χ0n) is 23.1. The molecule has 4 rings (SSSR count). The Morgan fingerprint density at radius 1 is 1.03 bits per heavy atom. The van der Waals surface area contributed by atoms with Gasteiger partial charge in [0.1, 0.15) is 23.1 Å². The molecule has 0 radical (unpaired) electrons. The van der Waals surface area contributed by atoms with Crippen molar-refractivity contribution in [2.45, 2.75) is 75.9 Å². The van der Waals surface area contributed by atoms with Crippen LogP contribution in [-0.2, 0) is 26.9 Å². The summed E-state index contributed by atoms with van der Waals surface area (Å²) >= 11 is 0. The molecule has 1 spiro atoms. The minimum absolute atomic E-state index is 0.0261. The lowest BCUT2D eigenvalue weighted by molar-refractivity contribution is -0.161. The highest BCUT2D eigenvalue weighted by atomic mass is 32.2. The predicted molar refractivity (Wildman–Crippen MR) is 151 cm³/mol. The molecule has 8 heteroatoms. The van der Waals surface area contributed by atoms with Gasteiger partial charge in [0.05, 0.1) is 0 Å². The first-order valence-corrected chi connectivity index (χ1v) is 15.3. The van der Waals surface area contributed by atoms with Crippen molar-refractivity contribution in [1.29, 1.82) is 0 Å². The molecule has 38 heavy (non-hydrogen) atoms. The largest absolute Gasteiger partial charge is 0.457 e. The van der Waals surface area contributed by atoms with Gasteiger partial charge < -0.3 is 15.0 Å². The summed E-state index contributed by atoms with van der Waals surface area (Å²) in [5.41, 5.74) is 0.447. The van der Waals surface area contributed by atoms with E-state index >= 15 is 0 Å². The fourth-order valence-corrected chi connectivity index (χ4v) is 6.00. The standard InChI is InChI=1S/C30H41N3O4S/c1-5-6-17-33-28(34)27(20-22(2)3)31-29(35)30(33)15-18-32(19-16-30)21-23-7-9-24(10-8-23)37-25-11-13-26(14-12-25)38(4)36/h7-14,22,27H,5-6,15-21H2,1-4H3,(H,31,35)/t27-,38?/m0/s1. The van der Waals surface area contributed by atoms with Crippen molar-refractivity contribution in [3.8, 4) is 11.5 Å². The highest BCUT2D eigenvalue weighted by Gasteiger charge is 2.53. The number of amides is 2. The summed E-state index contributed by atoms with van der Waals surface area (Å²) in [5.74, 6) is 1.92. The van der Waals surface area contributed by atoms with Gasteiger partial charge in [-0.3, -0.25) is 18.7 Å². The second-order valence-electron chi connectivity index (χ2n) is 11.0. The maximum absolute atomic E-state index is 13.4. The van der Waals surface area contributed by atoms with Crippen LogP contribution < -0.4 is 10.1 Å². The van der Waals surface area contributed by atoms with E-state index in [0.29, 0.717) is 37.5 Å². The molecular formula is C30H41N3O4S. The van der Waals surface area contributed by atoms with Gasteiger partial charge in [0.2, 0.25) is 11.8 Å². The highest BCUT2D eigenvalue weighted by molar-refractivity contribution is 7.84. The number of benzene rings is 2. The maximum atomic E-state index is 13.4. The summed E-state index contributed by atoms with van der Waals surface area (Å²) in [4.78, 5) is 31.9. The third-order valence-electron chi connectivity index (χ3n) is 7.66. The number of ether oxygens (including phenoxy) is 1. The van der Waals surface area contributed by atoms with Gasteiger partial charge in [-0.25, -0.2) is 0 Å². The fourth-order valence-electron chi connectivity index (χ4n) is 5.48. The van der Waals surface area contributed by atoms with Crippen LogP contribution in [0.1, 0.15) is 58.4 Å². The van der Waals surface area contributed by atoms with Crippen LogP contribution in [0.3, 0.4) is 0 Å². The topological polar surface area (TPSA) is 79.0 Å². The summed E-state index contributed by atoms with van der Waals surface area (Å²) in [5, 5.41) is 3.09. The van der Waals surface area contributed by atoms with Crippen LogP contribution in [0.4, 0.5) is 0 Å². The van der Waals surface area contributed by atoms with Gasteiger partial charge in [-0.15, -0.1) is 0 Å². The van der Waals surface area contributed by atoms with E-state index in [1.165, 1.54) is 5.56 Å². The molecular weight excluding hydrogens is 498 g/mol. The quantitative estimate of drug-likeness (QED) is 0.473. The van der Waals surface area contributed by atoms with E-state index in [-0.39, 0.29) is 11.8 Å². The van der Waals surface area contributed by atoms with E-state index in [0.717, 1.165) is 43.1 Å². The Bertz CT molecular complexity index is 1130. The number of piperazine rings is 1. The van der Waals surface area contributed by atoms with Crippen LogP contribution in [0.2, 0.25) is 0 Å². The number of rotatable bonds is 10. The van der Waals surface area contributed by atoms with Crippen molar-refractivity contribution >= 4 is 22.6 Å². The molecule has 2 amide bonds. The lowest BCUT2D eigenvalue weighted by Gasteiger charge is -2.52. The molecule has 7 nitrogen and oxygen atoms in total. The average Bonchev–Trinajstić information content (AvgIpc) is 2.89. The van der Waals surface area contributed by atoms with Crippen LogP contribution >= 0.6 is 0 Å². The molecule has 2 saturated heterocycles. The first-order valence-electron chi connectivity index (χ1n) is 13.8. The zero-order valence-corrected chi connectivity index (χ0v) is 23.9. The number of nitrogens with zero attached hydrogens (tertiary/aromatic N) is 2. The molecule has 2 fully saturated rings. The Labute approximate surface area is 229 Å². The van der Waals surface area contributed by atoms with E-state index in [1.54, 1.807) is 6.26 Å². The zero-order chi connectivity index (χ0) is 27.3. The second kappa shape index (κ2) is 12.4. The number of piperidine rings is 1. The first-order chi connectivity index (χ1) is 18.2. The summed E-state index contributed by atoms with van der Waals surface area (Å²) < 4.78 is 17.5. The summed E-state index contributed by atoms with van der Waals surface area (Å²) in [6.45, 7) is 9.27. The van der Waals surface area contributed by atoms with E-state index in [2.05, 4.69) is 43.1 Å². The van der Waals surface area contributed by atoms with Crippen molar-refractivity contribution in [3.63, 3.8) is 0 Å². The van der Waals surface area contributed by atoms with Crippen LogP contribution in [0, 0.1) is 5.92 Å². The van der Waals surface area contributed by atoms with Crippen molar-refractivity contribution in [1.82, 2.24) is 15.1 Å². The number of nitrogens with one attached hydrogen (secondary N) is 1. The smallest absolute Gasteiger partial charge is 0.246 e. The second-order valence-corrected chi connectivity index (χ2v) is 12.4. The van der Waals surface area contributed by atoms with Crippen LogP contribution in [0.25, 0.3) is 0 Å². The molecule has 2 aromatic rings. The molecule has 0 aliphatic carbocycles. The minimum Gasteiger partial charge on any atom is -0.457 e. The van der Waals surface area contributed by atoms with E-state index in [1.807, 2.05) is 41.3 Å². The van der Waals surface area contributed by atoms with Gasteiger partial charge in [0.15, 0.2) is 0 Å². The van der Waals surface area contributed by atoms with Crippen molar-refractivity contribution in [3.05, 3.63) is 54.1 Å². The van der Waals surface area contributed by atoms with Crippen LogP contribution in [0.5, 0.6) is 11.5 Å². The molecule has 206 valence electrons. The number of likely N-dealkylation sites (tertiary alicyclic amines) is 1. The van der Waals surface area contributed by atoms with E-state index in [4.69, 9.17) is 4.74 Å². The molecule has 2 heterocycles. The Balaban J connectivity index is 1.36. The van der Waals surface area contributed by atoms with Crippen LogP contribution in [-0.4, -0.2) is 63.3 Å². The normalized spacial score (nSPS) is 20.6. The third-order valence-corrected chi connectivity index (χ3v) is 8.59. The maximum Gasteiger partial charge on any atom is 0.246 e. The van der Waals surface area contributed by atoms with Crippen molar-refractivity contribution < 1.29 is 18.5 Å². The lowest BCUT2D eigenvalue weighted by atomic mass is 9.80. The Morgan fingerprint density at radius 3 is 2.18 bits per heavy atom. The van der Waals surface area contributed by atoms with Crippen molar-refractivity contribution in [2.24, 2.45) is 5.92 Å². The van der Waals surface area contributed by atoms with E-state index in [9.17, 15) is 13.8 Å². The molecule has 0 bridgehead atoms. The van der Waals surface area contributed by atoms with E-state index < -0.39 is 22.4 Å². The van der Waals surface area contributed by atoms with Gasteiger partial charge in [-0.1, -0.05) is 39.3 Å². The summed E-state index contributed by atoms with van der Waals surface area (Å²) in [6, 6.07) is 14.9.